The second-order valence-corrected chi connectivity index (χ2v) is 6.73. The fourth-order valence-corrected chi connectivity index (χ4v) is 3.84. The minimum atomic E-state index is -0.202. The molecule has 1 fully saturated rings. The Labute approximate surface area is 139 Å². The van der Waals surface area contributed by atoms with Crippen molar-refractivity contribution in [2.24, 2.45) is 17.8 Å². The lowest BCUT2D eigenvalue weighted by Gasteiger charge is -2.18. The lowest BCUT2D eigenvalue weighted by Crippen LogP contribution is -2.33. The first-order chi connectivity index (χ1) is 11.7. The topological polar surface area (TPSA) is 76.9 Å². The highest BCUT2D eigenvalue weighted by molar-refractivity contribution is 5.77. The lowest BCUT2D eigenvalue weighted by molar-refractivity contribution is -0.121. The molecule has 3 atom stereocenters. The van der Waals surface area contributed by atoms with E-state index in [1.54, 1.807) is 18.2 Å². The highest BCUT2D eigenvalue weighted by Crippen LogP contribution is 2.42. The van der Waals surface area contributed by atoms with E-state index >= 15 is 0 Å². The average molecular weight is 324 g/mol. The Morgan fingerprint density at radius 2 is 2.12 bits per heavy atom. The zero-order valence-electron chi connectivity index (χ0n) is 13.4. The Hall–Kier alpha value is -2.50. The number of carbonyl (C=O) groups excluding carboxylic acids is 1. The van der Waals surface area contributed by atoms with Gasteiger partial charge in [0.25, 0.3) is 5.56 Å². The van der Waals surface area contributed by atoms with Gasteiger partial charge >= 0.3 is 0 Å². The fraction of sp³-hybridized carbons (Fsp3) is 0.444. The molecule has 2 aromatic rings. The normalized spacial score (nSPS) is 24.6. The van der Waals surface area contributed by atoms with E-state index in [-0.39, 0.29) is 24.4 Å². The first-order valence-electron chi connectivity index (χ1n) is 8.48. The van der Waals surface area contributed by atoms with Crippen LogP contribution in [0.2, 0.25) is 0 Å². The van der Waals surface area contributed by atoms with E-state index in [0.717, 1.165) is 6.54 Å². The van der Waals surface area contributed by atoms with Crippen LogP contribution in [0.15, 0.2) is 41.2 Å². The molecule has 4 rings (SSSR count). The number of aryl methyl sites for hydroxylation is 1. The second-order valence-electron chi connectivity index (χ2n) is 6.73. The van der Waals surface area contributed by atoms with Gasteiger partial charge in [0, 0.05) is 13.0 Å². The summed E-state index contributed by atoms with van der Waals surface area (Å²) in [6.45, 7) is 0.974. The van der Waals surface area contributed by atoms with E-state index in [1.165, 1.54) is 17.5 Å². The summed E-state index contributed by atoms with van der Waals surface area (Å²) < 4.78 is 1.27. The number of fused-ring (bicyclic) bond motifs is 3. The molecule has 0 aliphatic heterocycles. The van der Waals surface area contributed by atoms with Crippen molar-refractivity contribution in [2.45, 2.75) is 25.8 Å². The Bertz CT molecular complexity index is 857. The van der Waals surface area contributed by atoms with Crippen molar-refractivity contribution in [2.75, 3.05) is 6.54 Å². The fourth-order valence-electron chi connectivity index (χ4n) is 3.84. The van der Waals surface area contributed by atoms with Crippen LogP contribution in [0.5, 0.6) is 0 Å². The van der Waals surface area contributed by atoms with Crippen molar-refractivity contribution < 1.29 is 4.79 Å². The molecule has 24 heavy (non-hydrogen) atoms. The maximum atomic E-state index is 12.3. The molecule has 1 aromatic carbocycles. The van der Waals surface area contributed by atoms with Gasteiger partial charge < -0.3 is 5.32 Å². The van der Waals surface area contributed by atoms with Crippen LogP contribution < -0.4 is 10.9 Å². The summed E-state index contributed by atoms with van der Waals surface area (Å²) in [7, 11) is 0. The molecule has 0 saturated heterocycles. The molecule has 1 heterocycles. The number of allylic oxidation sites excluding steroid dienone is 2. The van der Waals surface area contributed by atoms with Crippen LogP contribution in [-0.2, 0) is 11.3 Å². The number of nitrogens with zero attached hydrogens (tertiary/aromatic N) is 3. The van der Waals surface area contributed by atoms with Gasteiger partial charge in [-0.05, 0) is 42.7 Å². The predicted octanol–water partition coefficient (Wildman–Crippen LogP) is 1.51. The first-order valence-corrected chi connectivity index (χ1v) is 8.48. The van der Waals surface area contributed by atoms with Crippen LogP contribution >= 0.6 is 0 Å². The van der Waals surface area contributed by atoms with Gasteiger partial charge in [-0.3, -0.25) is 9.59 Å². The average Bonchev–Trinajstić information content (AvgIpc) is 3.22. The van der Waals surface area contributed by atoms with Gasteiger partial charge in [0.1, 0.15) is 5.52 Å². The maximum absolute atomic E-state index is 12.3. The van der Waals surface area contributed by atoms with Crippen molar-refractivity contribution in [3.8, 4) is 0 Å². The Kier molecular flexibility index (Phi) is 3.88. The molecule has 2 aliphatic rings. The van der Waals surface area contributed by atoms with Crippen molar-refractivity contribution in [1.29, 1.82) is 0 Å². The summed E-state index contributed by atoms with van der Waals surface area (Å²) in [5.41, 5.74) is 0.374. The quantitative estimate of drug-likeness (QED) is 0.846. The number of nitrogens with one attached hydrogen (secondary N) is 1. The highest BCUT2D eigenvalue weighted by Gasteiger charge is 2.35. The number of benzene rings is 1. The summed E-state index contributed by atoms with van der Waals surface area (Å²) in [5, 5.41) is 11.5. The van der Waals surface area contributed by atoms with Gasteiger partial charge in [-0.25, -0.2) is 4.68 Å². The van der Waals surface area contributed by atoms with Crippen LogP contribution in [0.25, 0.3) is 10.9 Å². The monoisotopic (exact) mass is 324 g/mol. The summed E-state index contributed by atoms with van der Waals surface area (Å²) >= 11 is 0. The van der Waals surface area contributed by atoms with E-state index in [0.29, 0.717) is 28.7 Å². The van der Waals surface area contributed by atoms with Gasteiger partial charge in [-0.2, -0.15) is 0 Å². The van der Waals surface area contributed by atoms with Crippen LogP contribution in [0.4, 0.5) is 0 Å². The number of hydrogen-bond donors (Lipinski definition) is 1. The first kappa shape index (κ1) is 15.1. The third-order valence-electron chi connectivity index (χ3n) is 5.16. The third-order valence-corrected chi connectivity index (χ3v) is 5.16. The van der Waals surface area contributed by atoms with Crippen molar-refractivity contribution in [3.63, 3.8) is 0 Å². The van der Waals surface area contributed by atoms with Crippen molar-refractivity contribution in [1.82, 2.24) is 20.3 Å². The smallest absolute Gasteiger partial charge is 0.277 e. The number of amides is 1. The number of rotatable bonds is 5. The molecule has 1 saturated carbocycles. The molecule has 2 aliphatic carbocycles. The van der Waals surface area contributed by atoms with E-state index < -0.39 is 0 Å². The third kappa shape index (κ3) is 2.84. The zero-order chi connectivity index (χ0) is 16.5. The Balaban J connectivity index is 1.33. The molecular formula is C18H20N4O2. The molecule has 124 valence electrons. The van der Waals surface area contributed by atoms with E-state index in [1.807, 2.05) is 6.07 Å². The van der Waals surface area contributed by atoms with E-state index in [4.69, 9.17) is 0 Å². The number of hydrogen-bond acceptors (Lipinski definition) is 4. The van der Waals surface area contributed by atoms with Gasteiger partial charge in [-0.15, -0.1) is 5.10 Å². The molecule has 1 amide bonds. The van der Waals surface area contributed by atoms with Crippen molar-refractivity contribution >= 4 is 16.8 Å². The summed E-state index contributed by atoms with van der Waals surface area (Å²) in [5.74, 6) is 1.86. The molecule has 1 N–H and O–H groups in total. The second kappa shape index (κ2) is 6.19. The SMILES string of the molecule is O=C(CCn1nnc2ccccc2c1=O)NC[C@@H]1C[C@H]2C=C[C@H]1C2. The van der Waals surface area contributed by atoms with E-state index in [9.17, 15) is 9.59 Å². The largest absolute Gasteiger partial charge is 0.356 e. The summed E-state index contributed by atoms with van der Waals surface area (Å²) in [6, 6.07) is 7.10. The van der Waals surface area contributed by atoms with E-state index in [2.05, 4.69) is 27.8 Å². The van der Waals surface area contributed by atoms with Crippen LogP contribution in [-0.4, -0.2) is 27.4 Å². The van der Waals surface area contributed by atoms with Gasteiger partial charge in [0.05, 0.1) is 11.9 Å². The van der Waals surface area contributed by atoms with Crippen LogP contribution in [0, 0.1) is 17.8 Å². The standard InChI is InChI=1S/C18H20N4O2/c23-17(19-11-14-10-12-5-6-13(14)9-12)7-8-22-18(24)15-3-1-2-4-16(15)20-21-22/h1-6,12-14H,7-11H2,(H,19,23)/t12-,13-,14-/m0/s1. The Morgan fingerprint density at radius 3 is 2.92 bits per heavy atom. The molecular weight excluding hydrogens is 304 g/mol. The molecule has 0 radical (unpaired) electrons. The molecule has 0 unspecified atom stereocenters. The summed E-state index contributed by atoms with van der Waals surface area (Å²) in [6.07, 6.45) is 7.24. The molecule has 0 spiro atoms. The zero-order valence-corrected chi connectivity index (χ0v) is 13.4. The lowest BCUT2D eigenvalue weighted by atomic mass is 9.93. The molecule has 6 heteroatoms. The van der Waals surface area contributed by atoms with Gasteiger partial charge in [-0.1, -0.05) is 29.5 Å². The van der Waals surface area contributed by atoms with Crippen LogP contribution in [0.1, 0.15) is 19.3 Å². The number of aromatic nitrogens is 3. The molecule has 2 bridgehead atoms. The highest BCUT2D eigenvalue weighted by atomic mass is 16.2. The maximum Gasteiger partial charge on any atom is 0.277 e. The predicted molar refractivity (Wildman–Crippen MR) is 90.3 cm³/mol. The Morgan fingerprint density at radius 1 is 1.25 bits per heavy atom. The van der Waals surface area contributed by atoms with Crippen molar-refractivity contribution in [3.05, 3.63) is 46.8 Å². The van der Waals surface area contributed by atoms with Gasteiger partial charge in [0.2, 0.25) is 5.91 Å². The number of carbonyl (C=O) groups is 1. The minimum absolute atomic E-state index is 0.0383. The minimum Gasteiger partial charge on any atom is -0.356 e. The summed E-state index contributed by atoms with van der Waals surface area (Å²) in [4.78, 5) is 24.4. The van der Waals surface area contributed by atoms with Crippen LogP contribution in [0.3, 0.4) is 0 Å². The molecule has 1 aromatic heterocycles. The molecule has 6 nitrogen and oxygen atoms in total. The van der Waals surface area contributed by atoms with Gasteiger partial charge in [0.15, 0.2) is 0 Å².